The van der Waals surface area contributed by atoms with E-state index in [-0.39, 0.29) is 17.9 Å². The van der Waals surface area contributed by atoms with Crippen LogP contribution in [-0.4, -0.2) is 35.7 Å². The minimum Gasteiger partial charge on any atom is -0.383 e. The molecule has 0 bridgehead atoms. The Kier molecular flexibility index (Phi) is 6.53. The van der Waals surface area contributed by atoms with Crippen LogP contribution in [0.4, 0.5) is 5.13 Å². The lowest BCUT2D eigenvalue weighted by atomic mass is 9.91. The molecule has 2 heterocycles. The van der Waals surface area contributed by atoms with Crippen LogP contribution < -0.4 is 5.73 Å². The van der Waals surface area contributed by atoms with E-state index in [0.717, 1.165) is 19.7 Å². The average molecular weight is 306 g/mol. The number of ether oxygens (including phenoxy) is 1. The van der Waals surface area contributed by atoms with Crippen LogP contribution in [0.25, 0.3) is 0 Å². The first kappa shape index (κ1) is 16.7. The second kappa shape index (κ2) is 7.43. The predicted molar refractivity (Wildman–Crippen MR) is 82.9 cm³/mol. The van der Waals surface area contributed by atoms with Crippen LogP contribution in [0.1, 0.15) is 37.5 Å². The van der Waals surface area contributed by atoms with Gasteiger partial charge in [0.2, 0.25) is 0 Å². The number of hydrogen-bond acceptors (Lipinski definition) is 5. The fraction of sp³-hybridized carbons (Fsp3) is 0.769. The molecule has 1 atom stereocenters. The first-order chi connectivity index (χ1) is 8.70. The minimum absolute atomic E-state index is 0. The molecule has 1 aliphatic heterocycles. The number of aromatic nitrogens is 1. The largest absolute Gasteiger partial charge is 0.383 e. The van der Waals surface area contributed by atoms with Crippen molar-refractivity contribution in [3.05, 3.63) is 11.1 Å². The number of rotatable bonds is 6. The van der Waals surface area contributed by atoms with Gasteiger partial charge in [-0.3, -0.25) is 4.90 Å². The molecule has 2 rings (SSSR count). The van der Waals surface area contributed by atoms with Crippen LogP contribution in [-0.2, 0) is 11.3 Å². The lowest BCUT2D eigenvalue weighted by Gasteiger charge is -2.38. The standard InChI is InChI=1S/C13H23N3OS.ClH/c1-3-5-13(10-17-2)6-4-7-16(13)9-11-8-15-12(14)18-11;/h8H,3-7,9-10H2,1-2H3,(H2,14,15);1H. The highest BCUT2D eigenvalue weighted by Crippen LogP contribution is 2.35. The molecule has 0 radical (unpaired) electrons. The molecule has 110 valence electrons. The highest BCUT2D eigenvalue weighted by atomic mass is 35.5. The van der Waals surface area contributed by atoms with Gasteiger partial charge in [0.05, 0.1) is 6.61 Å². The summed E-state index contributed by atoms with van der Waals surface area (Å²) in [5.74, 6) is 0. The third kappa shape index (κ3) is 3.81. The van der Waals surface area contributed by atoms with Crippen LogP contribution in [0.15, 0.2) is 6.20 Å². The smallest absolute Gasteiger partial charge is 0.180 e. The van der Waals surface area contributed by atoms with E-state index in [1.807, 2.05) is 6.20 Å². The molecule has 1 fully saturated rings. The first-order valence-corrected chi connectivity index (χ1v) is 7.46. The van der Waals surface area contributed by atoms with Crippen LogP contribution in [0.2, 0.25) is 0 Å². The topological polar surface area (TPSA) is 51.4 Å². The Balaban J connectivity index is 0.00000180. The molecular weight excluding hydrogens is 282 g/mol. The van der Waals surface area contributed by atoms with E-state index in [0.29, 0.717) is 5.13 Å². The maximum absolute atomic E-state index is 5.70. The second-order valence-electron chi connectivity index (χ2n) is 5.10. The number of likely N-dealkylation sites (tertiary alicyclic amines) is 1. The summed E-state index contributed by atoms with van der Waals surface area (Å²) in [6.45, 7) is 5.19. The van der Waals surface area contributed by atoms with Gasteiger partial charge in [-0.2, -0.15) is 0 Å². The molecule has 19 heavy (non-hydrogen) atoms. The van der Waals surface area contributed by atoms with E-state index in [4.69, 9.17) is 10.5 Å². The molecule has 1 aromatic heterocycles. The summed E-state index contributed by atoms with van der Waals surface area (Å²) in [4.78, 5) is 7.95. The predicted octanol–water partition coefficient (Wildman–Crippen LogP) is 2.93. The van der Waals surface area contributed by atoms with Gasteiger partial charge in [0, 0.05) is 30.3 Å². The zero-order chi connectivity index (χ0) is 13.0. The number of nitrogens with two attached hydrogens (primary N) is 1. The normalized spacial score (nSPS) is 23.5. The number of hydrogen-bond donors (Lipinski definition) is 1. The number of anilines is 1. The summed E-state index contributed by atoms with van der Waals surface area (Å²) >= 11 is 1.60. The van der Waals surface area contributed by atoms with Crippen LogP contribution in [0.3, 0.4) is 0 Å². The summed E-state index contributed by atoms with van der Waals surface area (Å²) in [6.07, 6.45) is 6.81. The van der Waals surface area contributed by atoms with Gasteiger partial charge in [0.1, 0.15) is 0 Å². The van der Waals surface area contributed by atoms with E-state index in [1.165, 1.54) is 30.6 Å². The third-order valence-electron chi connectivity index (χ3n) is 3.79. The first-order valence-electron chi connectivity index (χ1n) is 6.64. The highest BCUT2D eigenvalue weighted by molar-refractivity contribution is 7.15. The summed E-state index contributed by atoms with van der Waals surface area (Å²) in [7, 11) is 1.80. The van der Waals surface area contributed by atoms with Gasteiger partial charge in [0.25, 0.3) is 0 Å². The maximum atomic E-state index is 5.70. The Morgan fingerprint density at radius 3 is 2.95 bits per heavy atom. The fourth-order valence-electron chi connectivity index (χ4n) is 3.08. The van der Waals surface area contributed by atoms with Crippen molar-refractivity contribution < 1.29 is 4.74 Å². The molecule has 0 spiro atoms. The molecule has 1 unspecified atom stereocenters. The number of halogens is 1. The molecule has 0 saturated carbocycles. The van der Waals surface area contributed by atoms with Gasteiger partial charge in [-0.15, -0.1) is 23.7 Å². The Hall–Kier alpha value is -0.360. The van der Waals surface area contributed by atoms with E-state index >= 15 is 0 Å². The summed E-state index contributed by atoms with van der Waals surface area (Å²) in [5.41, 5.74) is 5.93. The Morgan fingerprint density at radius 1 is 1.58 bits per heavy atom. The average Bonchev–Trinajstić information content (AvgIpc) is 2.89. The van der Waals surface area contributed by atoms with Crippen molar-refractivity contribution in [2.24, 2.45) is 0 Å². The molecule has 6 heteroatoms. The Labute approximate surface area is 125 Å². The lowest BCUT2D eigenvalue weighted by molar-refractivity contribution is 0.0270. The molecule has 1 aromatic rings. The van der Waals surface area contributed by atoms with Crippen LogP contribution >= 0.6 is 23.7 Å². The molecule has 1 aliphatic rings. The molecule has 2 N–H and O–H groups in total. The molecule has 0 aromatic carbocycles. The van der Waals surface area contributed by atoms with Crippen LogP contribution in [0.5, 0.6) is 0 Å². The van der Waals surface area contributed by atoms with Crippen molar-refractivity contribution in [3.63, 3.8) is 0 Å². The zero-order valence-electron chi connectivity index (χ0n) is 11.7. The second-order valence-corrected chi connectivity index (χ2v) is 6.24. The Bertz CT molecular complexity index is 380. The number of nitrogens with zero attached hydrogens (tertiary/aromatic N) is 2. The molecule has 1 saturated heterocycles. The monoisotopic (exact) mass is 305 g/mol. The number of methoxy groups -OCH3 is 1. The van der Waals surface area contributed by atoms with E-state index < -0.39 is 0 Å². The van der Waals surface area contributed by atoms with Gasteiger partial charge in [-0.05, 0) is 25.8 Å². The minimum atomic E-state index is 0. The van der Waals surface area contributed by atoms with Crippen molar-refractivity contribution in [2.75, 3.05) is 26.0 Å². The van der Waals surface area contributed by atoms with Crippen molar-refractivity contribution >= 4 is 28.9 Å². The van der Waals surface area contributed by atoms with Crippen molar-refractivity contribution in [1.82, 2.24) is 9.88 Å². The molecule has 0 amide bonds. The lowest BCUT2D eigenvalue weighted by Crippen LogP contribution is -2.46. The zero-order valence-corrected chi connectivity index (χ0v) is 13.4. The van der Waals surface area contributed by atoms with E-state index in [9.17, 15) is 0 Å². The molecule has 4 nitrogen and oxygen atoms in total. The maximum Gasteiger partial charge on any atom is 0.180 e. The van der Waals surface area contributed by atoms with Gasteiger partial charge < -0.3 is 10.5 Å². The quantitative estimate of drug-likeness (QED) is 0.878. The van der Waals surface area contributed by atoms with Crippen molar-refractivity contribution in [2.45, 2.75) is 44.7 Å². The summed E-state index contributed by atoms with van der Waals surface area (Å²) in [5, 5.41) is 0.664. The SMILES string of the molecule is CCCC1(COC)CCCN1Cc1cnc(N)s1.Cl. The summed E-state index contributed by atoms with van der Waals surface area (Å²) in [6, 6.07) is 0. The number of nitrogen functional groups attached to an aromatic ring is 1. The van der Waals surface area contributed by atoms with Gasteiger partial charge in [-0.25, -0.2) is 4.98 Å². The van der Waals surface area contributed by atoms with Crippen LogP contribution in [0, 0.1) is 0 Å². The highest BCUT2D eigenvalue weighted by Gasteiger charge is 2.40. The fourth-order valence-corrected chi connectivity index (χ4v) is 3.78. The molecular formula is C13H24ClN3OS. The third-order valence-corrected chi connectivity index (χ3v) is 4.60. The van der Waals surface area contributed by atoms with Gasteiger partial charge in [0.15, 0.2) is 5.13 Å². The summed E-state index contributed by atoms with van der Waals surface area (Å²) < 4.78 is 5.48. The molecule has 0 aliphatic carbocycles. The van der Waals surface area contributed by atoms with E-state index in [1.54, 1.807) is 18.4 Å². The van der Waals surface area contributed by atoms with Gasteiger partial charge in [-0.1, -0.05) is 13.3 Å². The Morgan fingerprint density at radius 2 is 2.37 bits per heavy atom. The van der Waals surface area contributed by atoms with Gasteiger partial charge >= 0.3 is 0 Å². The van der Waals surface area contributed by atoms with Crippen molar-refractivity contribution in [1.29, 1.82) is 0 Å². The van der Waals surface area contributed by atoms with E-state index in [2.05, 4.69) is 16.8 Å². The van der Waals surface area contributed by atoms with Crippen molar-refractivity contribution in [3.8, 4) is 0 Å². The number of thiazole rings is 1.